The Morgan fingerprint density at radius 1 is 1.04 bits per heavy atom. The molecule has 2 heterocycles. The first-order valence-corrected chi connectivity index (χ1v) is 8.62. The van der Waals surface area contributed by atoms with Crippen molar-refractivity contribution in [3.63, 3.8) is 0 Å². The van der Waals surface area contributed by atoms with Crippen LogP contribution in [0.2, 0.25) is 5.02 Å². The largest absolute Gasteiger partial charge is 0.488 e. The maximum atomic E-state index is 12.7. The van der Waals surface area contributed by atoms with Crippen molar-refractivity contribution < 1.29 is 9.53 Å². The minimum atomic E-state index is -0.246. The van der Waals surface area contributed by atoms with Crippen molar-refractivity contribution >= 4 is 29.1 Å². The molecule has 1 aromatic heterocycles. The predicted molar refractivity (Wildman–Crippen MR) is 103 cm³/mol. The summed E-state index contributed by atoms with van der Waals surface area (Å²) in [5, 5.41) is 3.50. The van der Waals surface area contributed by atoms with Crippen LogP contribution >= 0.6 is 11.6 Å². The summed E-state index contributed by atoms with van der Waals surface area (Å²) < 4.78 is 5.66. The smallest absolute Gasteiger partial charge is 0.327 e. The van der Waals surface area contributed by atoms with Crippen LogP contribution in [0.4, 0.5) is 16.3 Å². The summed E-state index contributed by atoms with van der Waals surface area (Å²) in [6.45, 7) is 0.840. The highest BCUT2D eigenvalue weighted by Gasteiger charge is 2.26. The molecule has 0 bridgehead atoms. The molecule has 130 valence electrons. The van der Waals surface area contributed by atoms with E-state index in [1.165, 1.54) is 0 Å². The van der Waals surface area contributed by atoms with Gasteiger partial charge in [0.25, 0.3) is 0 Å². The third kappa shape index (κ3) is 3.21. The van der Waals surface area contributed by atoms with E-state index in [2.05, 4.69) is 10.3 Å². The Kier molecular flexibility index (Phi) is 4.46. The number of carbonyl (C=O) groups excluding carboxylic acids is 1. The van der Waals surface area contributed by atoms with Gasteiger partial charge in [0.15, 0.2) is 11.6 Å². The fourth-order valence-corrected chi connectivity index (χ4v) is 3.06. The fraction of sp³-hybridized carbons (Fsp3) is 0.100. The summed E-state index contributed by atoms with van der Waals surface area (Å²) in [4.78, 5) is 19.0. The van der Waals surface area contributed by atoms with E-state index < -0.39 is 0 Å². The molecule has 2 amide bonds. The van der Waals surface area contributed by atoms with E-state index in [4.69, 9.17) is 16.3 Å². The fourth-order valence-electron chi connectivity index (χ4n) is 2.82. The van der Waals surface area contributed by atoms with E-state index in [-0.39, 0.29) is 6.03 Å². The quantitative estimate of drug-likeness (QED) is 0.707. The number of halogens is 1. The van der Waals surface area contributed by atoms with Crippen LogP contribution in [-0.4, -0.2) is 24.2 Å². The molecule has 1 aliphatic rings. The molecule has 0 radical (unpaired) electrons. The molecule has 5 nitrogen and oxygen atoms in total. The number of amides is 2. The Labute approximate surface area is 156 Å². The Bertz CT molecular complexity index is 947. The first-order chi connectivity index (χ1) is 12.7. The Morgan fingerprint density at radius 2 is 1.81 bits per heavy atom. The summed E-state index contributed by atoms with van der Waals surface area (Å²) in [6, 6.07) is 20.2. The minimum absolute atomic E-state index is 0.246. The summed E-state index contributed by atoms with van der Waals surface area (Å²) in [6.07, 6.45) is 0. The molecule has 0 spiro atoms. The van der Waals surface area contributed by atoms with Gasteiger partial charge in [0.05, 0.1) is 12.2 Å². The lowest BCUT2D eigenvalue weighted by Gasteiger charge is -2.29. The molecule has 0 atom stereocenters. The lowest BCUT2D eigenvalue weighted by atomic mass is 10.1. The number of hydrogen-bond acceptors (Lipinski definition) is 3. The summed E-state index contributed by atoms with van der Waals surface area (Å²) in [7, 11) is 0. The standard InChI is InChI=1S/C20H16ClN3O2/c21-16-9-5-4-8-15(16)17-10-11-18-19(23-17)24(12-13-26-18)20(25)22-14-6-2-1-3-7-14/h1-11H,12-13H2,(H,22,25). The molecular weight excluding hydrogens is 350 g/mol. The second-order valence-electron chi connectivity index (χ2n) is 5.79. The van der Waals surface area contributed by atoms with E-state index in [0.717, 1.165) is 11.3 Å². The number of hydrogen-bond donors (Lipinski definition) is 1. The highest BCUT2D eigenvalue weighted by atomic mass is 35.5. The second-order valence-corrected chi connectivity index (χ2v) is 6.20. The van der Waals surface area contributed by atoms with Crippen LogP contribution in [0.15, 0.2) is 66.7 Å². The van der Waals surface area contributed by atoms with E-state index in [9.17, 15) is 4.79 Å². The molecule has 0 saturated heterocycles. The van der Waals surface area contributed by atoms with Gasteiger partial charge < -0.3 is 10.1 Å². The van der Waals surface area contributed by atoms with E-state index in [1.54, 1.807) is 4.90 Å². The molecule has 6 heteroatoms. The predicted octanol–water partition coefficient (Wildman–Crippen LogP) is 4.83. The first kappa shape index (κ1) is 16.4. The number of aromatic nitrogens is 1. The molecule has 3 aromatic rings. The molecular formula is C20H16ClN3O2. The van der Waals surface area contributed by atoms with E-state index in [0.29, 0.717) is 35.4 Å². The normalized spacial score (nSPS) is 12.9. The first-order valence-electron chi connectivity index (χ1n) is 8.25. The zero-order valence-electron chi connectivity index (χ0n) is 13.9. The van der Waals surface area contributed by atoms with Gasteiger partial charge in [-0.05, 0) is 30.3 Å². The zero-order chi connectivity index (χ0) is 17.9. The number of pyridine rings is 1. The topological polar surface area (TPSA) is 54.5 Å². The molecule has 4 rings (SSSR count). The number of anilines is 2. The lowest BCUT2D eigenvalue weighted by molar-refractivity contribution is 0.249. The van der Waals surface area contributed by atoms with Crippen molar-refractivity contribution in [2.24, 2.45) is 0 Å². The molecule has 1 N–H and O–H groups in total. The van der Waals surface area contributed by atoms with Crippen molar-refractivity contribution in [2.75, 3.05) is 23.4 Å². The summed E-state index contributed by atoms with van der Waals surface area (Å²) in [5.41, 5.74) is 2.23. The number of rotatable bonds is 2. The van der Waals surface area contributed by atoms with Crippen LogP contribution < -0.4 is 15.0 Å². The van der Waals surface area contributed by atoms with Gasteiger partial charge in [0.2, 0.25) is 0 Å². The highest BCUT2D eigenvalue weighted by Crippen LogP contribution is 2.34. The average molecular weight is 366 g/mol. The third-order valence-corrected chi connectivity index (χ3v) is 4.42. The van der Waals surface area contributed by atoms with Crippen LogP contribution in [0.3, 0.4) is 0 Å². The SMILES string of the molecule is O=C(Nc1ccccc1)N1CCOc2ccc(-c3ccccc3Cl)nc21. The number of fused-ring (bicyclic) bond motifs is 1. The summed E-state index contributed by atoms with van der Waals surface area (Å²) >= 11 is 6.28. The maximum absolute atomic E-state index is 12.7. The van der Waals surface area contributed by atoms with Crippen molar-refractivity contribution in [2.45, 2.75) is 0 Å². The Morgan fingerprint density at radius 3 is 2.62 bits per heavy atom. The van der Waals surface area contributed by atoms with E-state index >= 15 is 0 Å². The Balaban J connectivity index is 1.67. The highest BCUT2D eigenvalue weighted by molar-refractivity contribution is 6.33. The van der Waals surface area contributed by atoms with Gasteiger partial charge in [-0.15, -0.1) is 0 Å². The molecule has 2 aromatic carbocycles. The molecule has 0 saturated carbocycles. The molecule has 0 aliphatic carbocycles. The van der Waals surface area contributed by atoms with Crippen molar-refractivity contribution in [1.82, 2.24) is 4.98 Å². The molecule has 0 unspecified atom stereocenters. The third-order valence-electron chi connectivity index (χ3n) is 4.09. The van der Waals surface area contributed by atoms with Gasteiger partial charge in [-0.1, -0.05) is 48.0 Å². The van der Waals surface area contributed by atoms with Gasteiger partial charge in [-0.25, -0.2) is 9.78 Å². The zero-order valence-corrected chi connectivity index (χ0v) is 14.6. The number of carbonyl (C=O) groups is 1. The van der Waals surface area contributed by atoms with Crippen molar-refractivity contribution in [3.8, 4) is 17.0 Å². The summed E-state index contributed by atoms with van der Waals surface area (Å²) in [5.74, 6) is 1.07. The molecule has 1 aliphatic heterocycles. The van der Waals surface area contributed by atoms with Crippen LogP contribution in [0.5, 0.6) is 5.75 Å². The molecule has 26 heavy (non-hydrogen) atoms. The van der Waals surface area contributed by atoms with Gasteiger partial charge >= 0.3 is 6.03 Å². The monoisotopic (exact) mass is 365 g/mol. The number of nitrogens with zero attached hydrogens (tertiary/aromatic N) is 2. The Hall–Kier alpha value is -3.05. The number of nitrogens with one attached hydrogen (secondary N) is 1. The van der Waals surface area contributed by atoms with Crippen LogP contribution in [0.1, 0.15) is 0 Å². The van der Waals surface area contributed by atoms with Crippen LogP contribution in [-0.2, 0) is 0 Å². The van der Waals surface area contributed by atoms with Gasteiger partial charge in [0, 0.05) is 16.3 Å². The van der Waals surface area contributed by atoms with Crippen LogP contribution in [0, 0.1) is 0 Å². The van der Waals surface area contributed by atoms with E-state index in [1.807, 2.05) is 66.7 Å². The van der Waals surface area contributed by atoms with Gasteiger partial charge in [0.1, 0.15) is 6.61 Å². The van der Waals surface area contributed by atoms with Crippen LogP contribution in [0.25, 0.3) is 11.3 Å². The van der Waals surface area contributed by atoms with Crippen molar-refractivity contribution in [3.05, 3.63) is 71.8 Å². The number of ether oxygens (including phenoxy) is 1. The maximum Gasteiger partial charge on any atom is 0.327 e. The molecule has 0 fully saturated rings. The lowest BCUT2D eigenvalue weighted by Crippen LogP contribution is -2.41. The number of benzene rings is 2. The minimum Gasteiger partial charge on any atom is -0.488 e. The number of urea groups is 1. The van der Waals surface area contributed by atoms with Gasteiger partial charge in [-0.3, -0.25) is 4.90 Å². The second kappa shape index (κ2) is 7.06. The van der Waals surface area contributed by atoms with Gasteiger partial charge in [-0.2, -0.15) is 0 Å². The number of para-hydroxylation sites is 1. The average Bonchev–Trinajstić information content (AvgIpc) is 2.68. The van der Waals surface area contributed by atoms with Crippen molar-refractivity contribution in [1.29, 1.82) is 0 Å².